The Morgan fingerprint density at radius 2 is 1.94 bits per heavy atom. The molecule has 0 rings (SSSR count). The number of unbranched alkanes of at least 4 members (excludes halogenated alkanes) is 1. The standard InChI is InChI=1S/C5H7N2O4.C4H11N.Fm/c8-3-6-1-4(9)7-2-5(10)11;1-2-3-4-5;/h1-2H2,(H,6,8)(H,7,9)(H,10,11);2-5H2,1H3;/q-1;;. The largest absolute Gasteiger partial charge is 0.522 e. The summed E-state index contributed by atoms with van der Waals surface area (Å²) in [6.45, 7) is 2.28. The SMILES string of the molecule is CCCCN.O=[C-]NCC(=O)NCC(=O)O.[Fm]. The first-order chi connectivity index (χ1) is 7.58. The molecule has 0 aliphatic heterocycles. The molecule has 5 N–H and O–H groups in total. The molecule has 7 nitrogen and oxygen atoms in total. The molecule has 0 radical (unpaired) electrons. The third-order valence-electron chi connectivity index (χ3n) is 1.32. The minimum Gasteiger partial charge on any atom is -0.522 e. The van der Waals surface area contributed by atoms with Crippen molar-refractivity contribution in [3.8, 4) is 0 Å². The van der Waals surface area contributed by atoms with E-state index in [0.29, 0.717) is 0 Å². The molecule has 0 heterocycles. The van der Waals surface area contributed by atoms with Crippen LogP contribution in [0.4, 0.5) is 0 Å². The van der Waals surface area contributed by atoms with Crippen molar-refractivity contribution < 1.29 is 19.5 Å². The van der Waals surface area contributed by atoms with Gasteiger partial charge in [0.25, 0.3) is 0 Å². The third kappa shape index (κ3) is 24.7. The predicted octanol–water partition coefficient (Wildman–Crippen LogP) is -1.41. The molecule has 0 spiro atoms. The smallest absolute Gasteiger partial charge is 0.322 e. The van der Waals surface area contributed by atoms with Crippen LogP contribution < -0.4 is 16.4 Å². The Bertz CT molecular complexity index is 212. The van der Waals surface area contributed by atoms with Gasteiger partial charge in [-0.25, -0.2) is 0 Å². The van der Waals surface area contributed by atoms with Gasteiger partial charge in [-0.05, 0) is 13.0 Å². The van der Waals surface area contributed by atoms with Gasteiger partial charge < -0.3 is 26.3 Å². The minimum atomic E-state index is -1.13. The van der Waals surface area contributed by atoms with Gasteiger partial charge in [0.1, 0.15) is 6.54 Å². The molecular weight excluding hydrogens is 471 g/mol. The van der Waals surface area contributed by atoms with Crippen LogP contribution in [0.15, 0.2) is 0 Å². The molecule has 0 aromatic carbocycles. The summed E-state index contributed by atoms with van der Waals surface area (Å²) in [6.07, 6.45) is 3.66. The quantitative estimate of drug-likeness (QED) is 0.259. The summed E-state index contributed by atoms with van der Waals surface area (Å²) in [6, 6.07) is 0. The maximum Gasteiger partial charge on any atom is 0.322 e. The first-order valence-corrected chi connectivity index (χ1v) is 4.87. The van der Waals surface area contributed by atoms with Crippen molar-refractivity contribution in [3.63, 3.8) is 0 Å². The molecular formula is C9H18FmN3O4-. The fraction of sp³-hybridized carbons (Fsp3) is 0.667. The number of carboxylic acid groups (broad SMARTS) is 1. The van der Waals surface area contributed by atoms with E-state index in [1.807, 2.05) is 10.6 Å². The molecule has 0 saturated heterocycles. The number of carbonyl (C=O) groups is 2. The molecule has 0 aliphatic carbocycles. The van der Waals surface area contributed by atoms with Gasteiger partial charge in [0, 0.05) is 0 Å². The topological polar surface area (TPSA) is 122 Å². The Kier molecular flexibility index (Phi) is 18.5. The van der Waals surface area contributed by atoms with E-state index in [1.165, 1.54) is 19.3 Å². The van der Waals surface area contributed by atoms with E-state index >= 15 is 0 Å². The zero-order valence-corrected chi connectivity index (χ0v) is 12.0. The van der Waals surface area contributed by atoms with Crippen molar-refractivity contribution in [2.75, 3.05) is 19.6 Å². The van der Waals surface area contributed by atoms with E-state index in [-0.39, 0.29) is 6.54 Å². The number of carboxylic acids is 1. The number of aliphatic carboxylic acids is 1. The Hall–Kier alpha value is -2.63. The van der Waals surface area contributed by atoms with Crippen LogP contribution in [-0.2, 0) is 14.4 Å². The molecule has 8 heteroatoms. The van der Waals surface area contributed by atoms with Gasteiger partial charge >= 0.3 is 5.97 Å². The van der Waals surface area contributed by atoms with Crippen LogP contribution in [0.5, 0.6) is 0 Å². The number of nitrogens with one attached hydrogen (secondary N) is 2. The van der Waals surface area contributed by atoms with Gasteiger partial charge in [-0.15, -0.1) is 0 Å². The van der Waals surface area contributed by atoms with Gasteiger partial charge in [-0.2, -0.15) is 6.41 Å². The first-order valence-electron chi connectivity index (χ1n) is 4.87. The molecule has 0 aromatic rings. The Morgan fingerprint density at radius 3 is 2.24 bits per heavy atom. The summed E-state index contributed by atoms with van der Waals surface area (Å²) in [5.74, 6) is -1.69. The molecule has 17 heavy (non-hydrogen) atoms. The average molecular weight is 489 g/mol. The fourth-order valence-corrected chi connectivity index (χ4v) is 0.557. The summed E-state index contributed by atoms with van der Waals surface area (Å²) in [4.78, 5) is 29.9. The zero-order chi connectivity index (χ0) is 12.8. The van der Waals surface area contributed by atoms with E-state index in [1.54, 1.807) is 0 Å². The number of hydrogen-bond donors (Lipinski definition) is 4. The van der Waals surface area contributed by atoms with Gasteiger partial charge in [0.2, 0.25) is 5.91 Å². The molecule has 0 bridgehead atoms. The first kappa shape index (κ1) is 19.9. The second-order valence-electron chi connectivity index (χ2n) is 2.77. The summed E-state index contributed by atoms with van der Waals surface area (Å²) >= 11 is 0. The van der Waals surface area contributed by atoms with Crippen molar-refractivity contribution in [2.24, 2.45) is 5.73 Å². The predicted molar refractivity (Wildman–Crippen MR) is 58.3 cm³/mol. The summed E-state index contributed by atoms with van der Waals surface area (Å²) in [5.41, 5.74) is 5.14. The number of amides is 2. The van der Waals surface area contributed by atoms with E-state index < -0.39 is 18.4 Å². The Labute approximate surface area is 94.4 Å². The van der Waals surface area contributed by atoms with Crippen molar-refractivity contribution in [3.05, 3.63) is 0 Å². The number of rotatable bonds is 7. The average Bonchev–Trinajstić information content (AvgIpc) is 2.25. The van der Waals surface area contributed by atoms with Crippen LogP contribution in [0, 0.1) is 0 Å². The van der Waals surface area contributed by atoms with Gasteiger partial charge in [-0.1, -0.05) is 13.3 Å². The fourth-order valence-electron chi connectivity index (χ4n) is 0.557. The second-order valence-corrected chi connectivity index (χ2v) is 2.77. The molecule has 0 aromatic heterocycles. The van der Waals surface area contributed by atoms with Crippen LogP contribution in [0.25, 0.3) is 0 Å². The molecule has 2 amide bonds. The van der Waals surface area contributed by atoms with Gasteiger partial charge in [0.15, 0.2) is 0 Å². The van der Waals surface area contributed by atoms with E-state index in [0.717, 1.165) is 6.54 Å². The number of nitrogens with two attached hydrogens (primary N) is 1. The van der Waals surface area contributed by atoms with Crippen LogP contribution in [-0.4, -0.2) is 43.0 Å². The summed E-state index contributed by atoms with van der Waals surface area (Å²) in [7, 11) is 0. The van der Waals surface area contributed by atoms with Crippen molar-refractivity contribution in [2.45, 2.75) is 19.8 Å². The van der Waals surface area contributed by atoms with Crippen LogP contribution in [0.1, 0.15) is 19.8 Å². The van der Waals surface area contributed by atoms with Gasteiger partial charge in [-0.3, -0.25) is 9.59 Å². The van der Waals surface area contributed by atoms with Crippen molar-refractivity contribution in [1.82, 2.24) is 10.6 Å². The molecule has 0 atom stereocenters. The number of carbonyl (C=O) groups excluding carboxylic acids is 2. The minimum absolute atomic E-state index is 0. The Morgan fingerprint density at radius 1 is 1.35 bits per heavy atom. The molecule has 0 aliphatic rings. The molecule has 0 fully saturated rings. The van der Waals surface area contributed by atoms with Crippen molar-refractivity contribution >= 4 is 18.3 Å². The monoisotopic (exact) mass is 489 g/mol. The van der Waals surface area contributed by atoms with Crippen molar-refractivity contribution in [1.29, 1.82) is 0 Å². The van der Waals surface area contributed by atoms with Crippen LogP contribution in [0.2, 0.25) is 0 Å². The zero-order valence-electron chi connectivity index (χ0n) is 9.57. The van der Waals surface area contributed by atoms with Gasteiger partial charge in [0.05, 0.1) is 6.54 Å². The maximum atomic E-state index is 10.5. The molecule has 0 saturated carbocycles. The summed E-state index contributed by atoms with van der Waals surface area (Å²) in [5, 5.41) is 12.1. The number of hydrogen-bond acceptors (Lipinski definition) is 4. The molecule has 106 valence electrons. The maximum absolute atomic E-state index is 10.5. The van der Waals surface area contributed by atoms with Crippen LogP contribution >= 0.6 is 0 Å². The van der Waals surface area contributed by atoms with Crippen LogP contribution in [0.3, 0.4) is 0 Å². The van der Waals surface area contributed by atoms with E-state index in [2.05, 4.69) is 6.92 Å². The third-order valence-corrected chi connectivity index (χ3v) is 1.32. The van der Waals surface area contributed by atoms with E-state index in [9.17, 15) is 14.4 Å². The summed E-state index contributed by atoms with van der Waals surface area (Å²) < 4.78 is 0. The normalized spacial score (nSPS) is 7.88. The second kappa shape index (κ2) is 15.8. The Balaban J connectivity index is -0.000000280. The van der Waals surface area contributed by atoms with E-state index in [4.69, 9.17) is 10.8 Å². The molecule has 0 unspecified atom stereocenters.